The molecule has 0 bridgehead atoms. The SMILES string of the molecule is O=C(C[C@@]1(O)C(=O)N(C[NH+]2CCCCC2)c2ccccc21)c1ccc2c(c1)OCO2. The van der Waals surface area contributed by atoms with Crippen LogP contribution >= 0.6 is 0 Å². The summed E-state index contributed by atoms with van der Waals surface area (Å²) in [5.74, 6) is 0.353. The van der Waals surface area contributed by atoms with Crippen molar-refractivity contribution in [3.8, 4) is 11.5 Å². The summed E-state index contributed by atoms with van der Waals surface area (Å²) in [6.45, 7) is 2.66. The number of likely N-dealkylation sites (tertiary alicyclic amines) is 1. The van der Waals surface area contributed by atoms with Crippen molar-refractivity contribution in [1.82, 2.24) is 0 Å². The van der Waals surface area contributed by atoms with E-state index in [1.54, 1.807) is 35.2 Å². The Labute approximate surface area is 174 Å². The Kier molecular flexibility index (Phi) is 4.72. The zero-order valence-electron chi connectivity index (χ0n) is 16.7. The Balaban J connectivity index is 1.42. The molecule has 5 rings (SSSR count). The van der Waals surface area contributed by atoms with Crippen molar-refractivity contribution in [2.24, 2.45) is 0 Å². The Morgan fingerprint density at radius 1 is 1.07 bits per heavy atom. The molecular formula is C23H25N2O5+. The quantitative estimate of drug-likeness (QED) is 0.727. The first-order chi connectivity index (χ1) is 14.6. The molecule has 2 aromatic rings. The molecule has 1 amide bonds. The van der Waals surface area contributed by atoms with Crippen molar-refractivity contribution in [2.45, 2.75) is 31.3 Å². The zero-order chi connectivity index (χ0) is 20.7. The number of para-hydroxylation sites is 1. The van der Waals surface area contributed by atoms with Crippen LogP contribution in [0.15, 0.2) is 42.5 Å². The van der Waals surface area contributed by atoms with Gasteiger partial charge in [-0.05, 0) is 43.5 Å². The van der Waals surface area contributed by atoms with Crippen LogP contribution in [0.5, 0.6) is 11.5 Å². The maximum atomic E-state index is 13.4. The topological polar surface area (TPSA) is 80.5 Å². The number of carbonyl (C=O) groups excluding carboxylic acids is 2. The number of quaternary nitrogens is 1. The number of amides is 1. The highest BCUT2D eigenvalue weighted by Crippen LogP contribution is 2.43. The maximum absolute atomic E-state index is 13.4. The van der Waals surface area contributed by atoms with Gasteiger partial charge in [0.1, 0.15) is 0 Å². The Hall–Kier alpha value is -2.90. The third kappa shape index (κ3) is 3.14. The number of anilines is 1. The molecule has 0 aromatic heterocycles. The molecule has 0 unspecified atom stereocenters. The number of nitrogens with one attached hydrogen (secondary N) is 1. The van der Waals surface area contributed by atoms with Crippen molar-refractivity contribution >= 4 is 17.4 Å². The summed E-state index contributed by atoms with van der Waals surface area (Å²) in [7, 11) is 0. The molecule has 7 nitrogen and oxygen atoms in total. The van der Waals surface area contributed by atoms with E-state index in [1.807, 2.05) is 12.1 Å². The van der Waals surface area contributed by atoms with Gasteiger partial charge in [0.25, 0.3) is 5.91 Å². The molecule has 0 aliphatic carbocycles. The number of nitrogens with zero attached hydrogens (tertiary/aromatic N) is 1. The summed E-state index contributed by atoms with van der Waals surface area (Å²) in [5.41, 5.74) is -0.278. The van der Waals surface area contributed by atoms with E-state index in [9.17, 15) is 14.7 Å². The summed E-state index contributed by atoms with van der Waals surface area (Å²) in [6.07, 6.45) is 3.20. The molecule has 30 heavy (non-hydrogen) atoms. The smallest absolute Gasteiger partial charge is 0.268 e. The van der Waals surface area contributed by atoms with Gasteiger partial charge >= 0.3 is 0 Å². The van der Waals surface area contributed by atoms with E-state index < -0.39 is 11.5 Å². The number of ether oxygens (including phenoxy) is 2. The molecule has 0 saturated carbocycles. The molecule has 2 N–H and O–H groups in total. The zero-order valence-corrected chi connectivity index (χ0v) is 16.7. The van der Waals surface area contributed by atoms with Crippen molar-refractivity contribution < 1.29 is 29.1 Å². The summed E-state index contributed by atoms with van der Waals surface area (Å²) >= 11 is 0. The molecule has 0 radical (unpaired) electrons. The van der Waals surface area contributed by atoms with Crippen molar-refractivity contribution in [2.75, 3.05) is 31.5 Å². The molecular weight excluding hydrogens is 384 g/mol. The van der Waals surface area contributed by atoms with Gasteiger partial charge in [-0.15, -0.1) is 0 Å². The van der Waals surface area contributed by atoms with E-state index in [0.717, 1.165) is 25.9 Å². The second-order valence-corrected chi connectivity index (χ2v) is 8.25. The standard InChI is InChI=1S/C23H24N2O5/c26-19(16-8-9-20-21(12-16)30-15-29-20)13-23(28)17-6-2-3-7-18(17)25(22(23)27)14-24-10-4-1-5-11-24/h2-3,6-9,12,28H,1,4-5,10-11,13-15H2/p+1/t23-/m0/s1. The number of carbonyl (C=O) groups is 2. The van der Waals surface area contributed by atoms with E-state index in [4.69, 9.17) is 9.47 Å². The van der Waals surface area contributed by atoms with Gasteiger partial charge in [-0.2, -0.15) is 0 Å². The van der Waals surface area contributed by atoms with Gasteiger partial charge in [-0.3, -0.25) is 14.5 Å². The first-order valence-corrected chi connectivity index (χ1v) is 10.5. The number of piperidine rings is 1. The number of hydrogen-bond acceptors (Lipinski definition) is 5. The lowest BCUT2D eigenvalue weighted by molar-refractivity contribution is -0.903. The Morgan fingerprint density at radius 2 is 1.83 bits per heavy atom. The fourth-order valence-electron chi connectivity index (χ4n) is 4.67. The summed E-state index contributed by atoms with van der Waals surface area (Å²) < 4.78 is 10.6. The predicted molar refractivity (Wildman–Crippen MR) is 109 cm³/mol. The molecule has 7 heteroatoms. The van der Waals surface area contributed by atoms with Gasteiger partial charge in [-0.1, -0.05) is 18.2 Å². The van der Waals surface area contributed by atoms with E-state index in [0.29, 0.717) is 35.0 Å². The van der Waals surface area contributed by atoms with Crippen LogP contribution in [0.25, 0.3) is 0 Å². The van der Waals surface area contributed by atoms with Gasteiger partial charge < -0.3 is 19.5 Å². The molecule has 3 aliphatic rings. The van der Waals surface area contributed by atoms with Gasteiger partial charge in [0, 0.05) is 11.1 Å². The molecule has 1 atom stereocenters. The second-order valence-electron chi connectivity index (χ2n) is 8.25. The van der Waals surface area contributed by atoms with Crippen LogP contribution in [0.4, 0.5) is 5.69 Å². The van der Waals surface area contributed by atoms with Crippen molar-refractivity contribution in [1.29, 1.82) is 0 Å². The summed E-state index contributed by atoms with van der Waals surface area (Å²) in [4.78, 5) is 29.4. The van der Waals surface area contributed by atoms with Crippen LogP contribution in [0.3, 0.4) is 0 Å². The molecule has 2 aromatic carbocycles. The Morgan fingerprint density at radius 3 is 2.67 bits per heavy atom. The minimum absolute atomic E-state index is 0.122. The lowest BCUT2D eigenvalue weighted by Crippen LogP contribution is -3.14. The second kappa shape index (κ2) is 7.41. The normalized spacial score (nSPS) is 23.0. The predicted octanol–water partition coefficient (Wildman–Crippen LogP) is 1.25. The minimum Gasteiger partial charge on any atom is -0.454 e. The lowest BCUT2D eigenvalue weighted by Gasteiger charge is -2.29. The fourth-order valence-corrected chi connectivity index (χ4v) is 4.67. The monoisotopic (exact) mass is 409 g/mol. The van der Waals surface area contributed by atoms with Gasteiger partial charge in [0.2, 0.25) is 6.79 Å². The third-order valence-electron chi connectivity index (χ3n) is 6.29. The largest absolute Gasteiger partial charge is 0.454 e. The third-order valence-corrected chi connectivity index (χ3v) is 6.29. The highest BCUT2D eigenvalue weighted by atomic mass is 16.7. The van der Waals surface area contributed by atoms with Crippen LogP contribution in [-0.2, 0) is 10.4 Å². The van der Waals surface area contributed by atoms with Gasteiger partial charge in [0.05, 0.1) is 25.2 Å². The average molecular weight is 409 g/mol. The van der Waals surface area contributed by atoms with Crippen LogP contribution in [0.1, 0.15) is 41.6 Å². The van der Waals surface area contributed by atoms with Crippen LogP contribution in [0.2, 0.25) is 0 Å². The van der Waals surface area contributed by atoms with E-state index in [-0.39, 0.29) is 19.0 Å². The van der Waals surface area contributed by atoms with E-state index in [1.165, 1.54) is 11.3 Å². The van der Waals surface area contributed by atoms with Crippen LogP contribution in [0, 0.1) is 0 Å². The molecule has 1 fully saturated rings. The molecule has 156 valence electrons. The highest BCUT2D eigenvalue weighted by molar-refractivity contribution is 6.10. The Bertz CT molecular complexity index is 1000. The first-order valence-electron chi connectivity index (χ1n) is 10.5. The number of fused-ring (bicyclic) bond motifs is 2. The van der Waals surface area contributed by atoms with Gasteiger partial charge in [0.15, 0.2) is 29.6 Å². The number of Topliss-reactive ketones (excluding diaryl/α,β-unsaturated/α-hetero) is 1. The van der Waals surface area contributed by atoms with Crippen LogP contribution < -0.4 is 19.3 Å². The first kappa shape index (κ1) is 19.1. The molecule has 3 aliphatic heterocycles. The molecule has 1 saturated heterocycles. The molecule has 3 heterocycles. The lowest BCUT2D eigenvalue weighted by atomic mass is 9.88. The summed E-state index contributed by atoms with van der Waals surface area (Å²) in [5, 5.41) is 11.5. The maximum Gasteiger partial charge on any atom is 0.268 e. The number of benzene rings is 2. The van der Waals surface area contributed by atoms with E-state index >= 15 is 0 Å². The molecule has 0 spiro atoms. The van der Waals surface area contributed by atoms with E-state index in [2.05, 4.69) is 0 Å². The van der Waals surface area contributed by atoms with Crippen LogP contribution in [-0.4, -0.2) is 43.3 Å². The minimum atomic E-state index is -1.86. The number of rotatable bonds is 5. The number of aliphatic hydroxyl groups is 1. The fraction of sp³-hybridized carbons (Fsp3) is 0.391. The summed E-state index contributed by atoms with van der Waals surface area (Å²) in [6, 6.07) is 12.2. The highest BCUT2D eigenvalue weighted by Gasteiger charge is 2.51. The van der Waals surface area contributed by atoms with Crippen molar-refractivity contribution in [3.63, 3.8) is 0 Å². The number of hydrogen-bond donors (Lipinski definition) is 2. The average Bonchev–Trinajstić information content (AvgIpc) is 3.32. The van der Waals surface area contributed by atoms with Crippen molar-refractivity contribution in [3.05, 3.63) is 53.6 Å². The van der Waals surface area contributed by atoms with Gasteiger partial charge in [-0.25, -0.2) is 0 Å². The number of ketones is 1.